The van der Waals surface area contributed by atoms with Crippen molar-refractivity contribution in [2.45, 2.75) is 5.22 Å². The van der Waals surface area contributed by atoms with E-state index in [1.807, 2.05) is 48.5 Å². The predicted molar refractivity (Wildman–Crippen MR) is 101 cm³/mol. The lowest BCUT2D eigenvalue weighted by molar-refractivity contribution is -0.145. The number of hydrogen-bond donors (Lipinski definition) is 1. The van der Waals surface area contributed by atoms with E-state index < -0.39 is 5.97 Å². The number of carbonyl (C=O) groups excluding carboxylic acids is 2. The van der Waals surface area contributed by atoms with Gasteiger partial charge in [0.15, 0.2) is 12.2 Å². The summed E-state index contributed by atoms with van der Waals surface area (Å²) < 4.78 is 15.9. The Bertz CT molecular complexity index is 864. The molecule has 0 aliphatic carbocycles. The van der Waals surface area contributed by atoms with Gasteiger partial charge in [-0.05, 0) is 24.3 Å². The third-order valence-corrected chi connectivity index (χ3v) is 4.19. The smallest absolute Gasteiger partial charge is 0.316 e. The summed E-state index contributed by atoms with van der Waals surface area (Å²) in [5.74, 6) is -0.156. The van der Waals surface area contributed by atoms with E-state index in [-0.39, 0.29) is 18.3 Å². The molecular weight excluding hydrogens is 368 g/mol. The number of nitrogens with one attached hydrogen (secondary N) is 1. The minimum Gasteiger partial charge on any atom is -0.492 e. The third kappa shape index (κ3) is 6.03. The lowest BCUT2D eigenvalue weighted by Gasteiger charge is -2.08. The van der Waals surface area contributed by atoms with Crippen LogP contribution in [0.25, 0.3) is 11.1 Å². The lowest BCUT2D eigenvalue weighted by atomic mass is 10.3. The highest BCUT2D eigenvalue weighted by atomic mass is 32.2. The van der Waals surface area contributed by atoms with Crippen molar-refractivity contribution >= 4 is 34.7 Å². The maximum Gasteiger partial charge on any atom is 0.316 e. The molecule has 1 heterocycles. The Morgan fingerprint density at radius 2 is 1.85 bits per heavy atom. The number of thioether (sulfide) groups is 1. The molecule has 7 nitrogen and oxygen atoms in total. The van der Waals surface area contributed by atoms with Crippen LogP contribution in [0.1, 0.15) is 0 Å². The van der Waals surface area contributed by atoms with Crippen molar-refractivity contribution < 1.29 is 23.5 Å². The van der Waals surface area contributed by atoms with Gasteiger partial charge in [0, 0.05) is 0 Å². The molecule has 1 aromatic heterocycles. The average Bonchev–Trinajstić information content (AvgIpc) is 3.12. The van der Waals surface area contributed by atoms with Gasteiger partial charge in [-0.1, -0.05) is 42.1 Å². The van der Waals surface area contributed by atoms with Gasteiger partial charge < -0.3 is 19.2 Å². The fourth-order valence-electron chi connectivity index (χ4n) is 2.15. The van der Waals surface area contributed by atoms with Gasteiger partial charge in [0.25, 0.3) is 11.1 Å². The number of nitrogens with zero attached hydrogens (tertiary/aromatic N) is 1. The number of rotatable bonds is 9. The summed E-state index contributed by atoms with van der Waals surface area (Å²) in [4.78, 5) is 27.7. The van der Waals surface area contributed by atoms with Crippen molar-refractivity contribution in [2.75, 3.05) is 25.5 Å². The fourth-order valence-corrected chi connectivity index (χ4v) is 2.78. The highest BCUT2D eigenvalue weighted by Crippen LogP contribution is 2.23. The topological polar surface area (TPSA) is 90.7 Å². The largest absolute Gasteiger partial charge is 0.492 e. The molecular formula is C19H18N2O5S. The van der Waals surface area contributed by atoms with Crippen LogP contribution < -0.4 is 10.1 Å². The Kier molecular flexibility index (Phi) is 6.70. The minimum atomic E-state index is -0.516. The van der Waals surface area contributed by atoms with Crippen molar-refractivity contribution in [3.05, 3.63) is 54.6 Å². The van der Waals surface area contributed by atoms with Gasteiger partial charge in [-0.2, -0.15) is 0 Å². The van der Waals surface area contributed by atoms with E-state index in [4.69, 9.17) is 13.9 Å². The first-order chi connectivity index (χ1) is 13.2. The second-order valence-corrected chi connectivity index (χ2v) is 6.33. The number of aromatic nitrogens is 1. The SMILES string of the molecule is O=C(COC(=O)CSc1nc2ccccc2o1)NCCOc1ccccc1. The number of amides is 1. The zero-order valence-corrected chi connectivity index (χ0v) is 15.2. The average molecular weight is 386 g/mol. The van der Waals surface area contributed by atoms with Crippen LogP contribution in [0.4, 0.5) is 0 Å². The summed E-state index contributed by atoms with van der Waals surface area (Å²) in [5.41, 5.74) is 1.39. The standard InChI is InChI=1S/C19H18N2O5S/c22-17(20-10-11-24-14-6-2-1-3-7-14)12-25-18(23)13-27-19-21-15-8-4-5-9-16(15)26-19/h1-9H,10-13H2,(H,20,22). The van der Waals surface area contributed by atoms with Crippen LogP contribution in [-0.2, 0) is 14.3 Å². The lowest BCUT2D eigenvalue weighted by Crippen LogP contribution is -2.32. The zero-order valence-electron chi connectivity index (χ0n) is 14.4. The second kappa shape index (κ2) is 9.63. The number of ether oxygens (including phenoxy) is 2. The Morgan fingerprint density at radius 1 is 1.07 bits per heavy atom. The number of carbonyl (C=O) groups is 2. The van der Waals surface area contributed by atoms with Crippen molar-refractivity contribution in [3.8, 4) is 5.75 Å². The number of esters is 1. The van der Waals surface area contributed by atoms with E-state index in [9.17, 15) is 9.59 Å². The molecule has 2 aromatic carbocycles. The molecule has 0 aliphatic rings. The van der Waals surface area contributed by atoms with E-state index in [1.165, 1.54) is 0 Å². The summed E-state index contributed by atoms with van der Waals surface area (Å²) in [6, 6.07) is 16.6. The Hall–Kier alpha value is -3.00. The molecule has 0 atom stereocenters. The van der Waals surface area contributed by atoms with Crippen LogP contribution in [0.5, 0.6) is 5.75 Å². The second-order valence-electron chi connectivity index (χ2n) is 5.41. The number of para-hydroxylation sites is 3. The van der Waals surface area contributed by atoms with Gasteiger partial charge in [0.2, 0.25) is 0 Å². The first-order valence-corrected chi connectivity index (χ1v) is 9.28. The van der Waals surface area contributed by atoms with Gasteiger partial charge in [-0.15, -0.1) is 0 Å². The van der Waals surface area contributed by atoms with Crippen molar-refractivity contribution in [3.63, 3.8) is 0 Å². The third-order valence-electron chi connectivity index (χ3n) is 3.39. The summed E-state index contributed by atoms with van der Waals surface area (Å²) in [5, 5.41) is 3.01. The predicted octanol–water partition coefficient (Wildman–Crippen LogP) is 2.66. The van der Waals surface area contributed by atoms with Crippen LogP contribution in [0.3, 0.4) is 0 Å². The Labute approximate surface area is 160 Å². The molecule has 3 aromatic rings. The number of fused-ring (bicyclic) bond motifs is 1. The molecule has 0 aliphatic heterocycles. The zero-order chi connectivity index (χ0) is 18.9. The van der Waals surface area contributed by atoms with E-state index in [0.29, 0.717) is 24.0 Å². The van der Waals surface area contributed by atoms with Gasteiger partial charge in [0.05, 0.1) is 6.54 Å². The van der Waals surface area contributed by atoms with Crippen molar-refractivity contribution in [1.82, 2.24) is 10.3 Å². The van der Waals surface area contributed by atoms with E-state index in [1.54, 1.807) is 6.07 Å². The molecule has 27 heavy (non-hydrogen) atoms. The molecule has 0 saturated heterocycles. The molecule has 0 radical (unpaired) electrons. The summed E-state index contributed by atoms with van der Waals surface area (Å²) in [6.45, 7) is 0.318. The maximum atomic E-state index is 11.7. The molecule has 3 rings (SSSR count). The molecule has 1 N–H and O–H groups in total. The first-order valence-electron chi connectivity index (χ1n) is 8.29. The quantitative estimate of drug-likeness (QED) is 0.343. The van der Waals surface area contributed by atoms with Gasteiger partial charge in [-0.3, -0.25) is 9.59 Å². The van der Waals surface area contributed by atoms with Crippen LogP contribution in [0.15, 0.2) is 64.2 Å². The molecule has 0 spiro atoms. The number of oxazole rings is 1. The van der Waals surface area contributed by atoms with Crippen molar-refractivity contribution in [1.29, 1.82) is 0 Å². The van der Waals surface area contributed by atoms with Crippen LogP contribution in [0.2, 0.25) is 0 Å². The van der Waals surface area contributed by atoms with Gasteiger partial charge in [-0.25, -0.2) is 4.98 Å². The summed E-state index contributed by atoms with van der Waals surface area (Å²) in [6.07, 6.45) is 0. The molecule has 0 fully saturated rings. The van der Waals surface area contributed by atoms with Crippen LogP contribution in [0, 0.1) is 0 Å². The maximum absolute atomic E-state index is 11.7. The van der Waals surface area contributed by atoms with Crippen LogP contribution >= 0.6 is 11.8 Å². The monoisotopic (exact) mass is 386 g/mol. The Morgan fingerprint density at radius 3 is 2.67 bits per heavy atom. The van der Waals surface area contributed by atoms with E-state index in [0.717, 1.165) is 23.0 Å². The van der Waals surface area contributed by atoms with Gasteiger partial charge in [0.1, 0.15) is 23.6 Å². The van der Waals surface area contributed by atoms with Crippen molar-refractivity contribution in [2.24, 2.45) is 0 Å². The highest BCUT2D eigenvalue weighted by molar-refractivity contribution is 7.99. The first kappa shape index (κ1) is 18.8. The normalized spacial score (nSPS) is 10.5. The van der Waals surface area contributed by atoms with Gasteiger partial charge >= 0.3 is 5.97 Å². The van der Waals surface area contributed by atoms with E-state index >= 15 is 0 Å². The fraction of sp³-hybridized carbons (Fsp3) is 0.211. The van der Waals surface area contributed by atoms with Crippen LogP contribution in [-0.4, -0.2) is 42.4 Å². The highest BCUT2D eigenvalue weighted by Gasteiger charge is 2.11. The molecule has 0 unspecified atom stereocenters. The summed E-state index contributed by atoms with van der Waals surface area (Å²) in [7, 11) is 0. The molecule has 140 valence electrons. The Balaban J connectivity index is 1.29. The molecule has 8 heteroatoms. The summed E-state index contributed by atoms with van der Waals surface area (Å²) >= 11 is 1.12. The molecule has 0 bridgehead atoms. The molecule has 1 amide bonds. The molecule has 0 saturated carbocycles. The number of benzene rings is 2. The number of hydrogen-bond acceptors (Lipinski definition) is 7. The van der Waals surface area contributed by atoms with E-state index in [2.05, 4.69) is 10.3 Å². The minimum absolute atomic E-state index is 0.0111.